The van der Waals surface area contributed by atoms with E-state index in [2.05, 4.69) is 41.7 Å². The van der Waals surface area contributed by atoms with Crippen LogP contribution < -0.4 is 16.0 Å². The van der Waals surface area contributed by atoms with Crippen molar-refractivity contribution in [3.05, 3.63) is 107 Å². The minimum atomic E-state index is -0.408. The summed E-state index contributed by atoms with van der Waals surface area (Å²) in [5, 5.41) is 25.2. The van der Waals surface area contributed by atoms with Crippen LogP contribution in [0.25, 0.3) is 16.6 Å². The lowest BCUT2D eigenvalue weighted by Crippen LogP contribution is -2.33. The number of nitrogens with one attached hydrogen (secondary N) is 3. The van der Waals surface area contributed by atoms with Gasteiger partial charge in [0, 0.05) is 34.2 Å². The number of aryl methyl sites for hydroxylation is 1. The maximum atomic E-state index is 14.3. The van der Waals surface area contributed by atoms with E-state index in [9.17, 15) is 14.7 Å². The van der Waals surface area contributed by atoms with E-state index in [1.54, 1.807) is 10.7 Å². The molecule has 6 rings (SSSR count). The normalized spacial score (nSPS) is 14.6. The van der Waals surface area contributed by atoms with E-state index in [0.29, 0.717) is 22.6 Å². The molecule has 236 valence electrons. The van der Waals surface area contributed by atoms with Crippen LogP contribution in [0.5, 0.6) is 5.88 Å². The van der Waals surface area contributed by atoms with Crippen LogP contribution in [0.2, 0.25) is 0 Å². The number of ketones is 1. The molecule has 1 aliphatic rings. The number of rotatable bonds is 7. The third kappa shape index (κ3) is 6.65. The van der Waals surface area contributed by atoms with Gasteiger partial charge in [0.25, 0.3) is 0 Å². The van der Waals surface area contributed by atoms with Gasteiger partial charge in [-0.3, -0.25) is 10.1 Å². The summed E-state index contributed by atoms with van der Waals surface area (Å²) < 4.78 is 1.75. The van der Waals surface area contributed by atoms with Gasteiger partial charge in [0.05, 0.1) is 22.8 Å². The van der Waals surface area contributed by atoms with Crippen LogP contribution in [0.15, 0.2) is 84.9 Å². The van der Waals surface area contributed by atoms with Gasteiger partial charge in [0.1, 0.15) is 5.82 Å². The quantitative estimate of drug-likeness (QED) is 0.142. The number of fused-ring (bicyclic) bond motifs is 1. The summed E-state index contributed by atoms with van der Waals surface area (Å²) in [5.74, 6) is 0.0689. The molecular weight excluding hydrogens is 576 g/mol. The Bertz CT molecular complexity index is 1870. The Morgan fingerprint density at radius 1 is 0.935 bits per heavy atom. The summed E-state index contributed by atoms with van der Waals surface area (Å²) in [6.07, 6.45) is 1.72. The number of urea groups is 1. The van der Waals surface area contributed by atoms with Gasteiger partial charge >= 0.3 is 6.03 Å². The Morgan fingerprint density at radius 2 is 1.63 bits per heavy atom. The SMILES string of the molecule is Cc1ccc(-n2nc(C(C)(C)C)cc2NC(=O)Nc2ccc(C(C(=O)c3cc(O)nc4ccccc34)C3CCNCC3)cc2)cc1. The number of Topliss-reactive ketones (excluding diaryl/α,β-unsaturated/α-hetero) is 1. The second-order valence-electron chi connectivity index (χ2n) is 13.1. The molecule has 3 aromatic carbocycles. The number of aromatic nitrogens is 3. The fourth-order valence-corrected chi connectivity index (χ4v) is 6.12. The predicted octanol–water partition coefficient (Wildman–Crippen LogP) is 7.34. The first-order chi connectivity index (χ1) is 22.1. The Balaban J connectivity index is 1.25. The third-order valence-electron chi connectivity index (χ3n) is 8.63. The maximum Gasteiger partial charge on any atom is 0.324 e. The summed E-state index contributed by atoms with van der Waals surface area (Å²) >= 11 is 0. The van der Waals surface area contributed by atoms with Gasteiger partial charge in [-0.2, -0.15) is 5.10 Å². The van der Waals surface area contributed by atoms with Crippen molar-refractivity contribution >= 4 is 34.2 Å². The van der Waals surface area contributed by atoms with E-state index in [-0.39, 0.29) is 23.0 Å². The highest BCUT2D eigenvalue weighted by Gasteiger charge is 2.33. The van der Waals surface area contributed by atoms with E-state index in [1.807, 2.05) is 79.7 Å². The molecule has 46 heavy (non-hydrogen) atoms. The Morgan fingerprint density at radius 3 is 2.33 bits per heavy atom. The molecule has 5 aromatic rings. The topological polar surface area (TPSA) is 121 Å². The summed E-state index contributed by atoms with van der Waals surface area (Å²) in [7, 11) is 0. The molecule has 9 nitrogen and oxygen atoms in total. The lowest BCUT2D eigenvalue weighted by Gasteiger charge is -2.30. The summed E-state index contributed by atoms with van der Waals surface area (Å²) in [6, 6.07) is 25.8. The Hall–Kier alpha value is -5.02. The molecule has 1 fully saturated rings. The minimum absolute atomic E-state index is 0.0433. The molecule has 2 amide bonds. The fourth-order valence-electron chi connectivity index (χ4n) is 6.12. The Kier molecular flexibility index (Phi) is 8.60. The molecule has 0 radical (unpaired) electrons. The van der Waals surface area contributed by atoms with Gasteiger partial charge in [-0.05, 0) is 74.7 Å². The van der Waals surface area contributed by atoms with Gasteiger partial charge in [0.15, 0.2) is 5.78 Å². The van der Waals surface area contributed by atoms with Crippen molar-refractivity contribution in [1.82, 2.24) is 20.1 Å². The largest absolute Gasteiger partial charge is 0.493 e. The Labute approximate surface area is 269 Å². The molecule has 1 atom stereocenters. The zero-order chi connectivity index (χ0) is 32.4. The molecule has 4 N–H and O–H groups in total. The second kappa shape index (κ2) is 12.8. The van der Waals surface area contributed by atoms with E-state index >= 15 is 0 Å². The molecule has 1 unspecified atom stereocenters. The summed E-state index contributed by atoms with van der Waals surface area (Å²) in [5.41, 5.74) is 5.16. The first-order valence-electron chi connectivity index (χ1n) is 15.8. The van der Waals surface area contributed by atoms with Gasteiger partial charge in [-0.15, -0.1) is 0 Å². The van der Waals surface area contributed by atoms with E-state index < -0.39 is 11.9 Å². The summed E-state index contributed by atoms with van der Waals surface area (Å²) in [6.45, 7) is 9.97. The smallest absolute Gasteiger partial charge is 0.324 e. The molecule has 9 heteroatoms. The van der Waals surface area contributed by atoms with E-state index in [4.69, 9.17) is 5.10 Å². The number of benzene rings is 3. The lowest BCUT2D eigenvalue weighted by atomic mass is 9.76. The number of carbonyl (C=O) groups is 2. The van der Waals surface area contributed by atoms with Gasteiger partial charge < -0.3 is 15.7 Å². The van der Waals surface area contributed by atoms with Gasteiger partial charge in [-0.25, -0.2) is 14.5 Å². The number of pyridine rings is 1. The van der Waals surface area contributed by atoms with Crippen LogP contribution in [0.3, 0.4) is 0 Å². The number of piperidine rings is 1. The number of aromatic hydroxyl groups is 1. The van der Waals surface area contributed by atoms with Crippen LogP contribution in [0.4, 0.5) is 16.3 Å². The van der Waals surface area contributed by atoms with Crippen molar-refractivity contribution in [2.24, 2.45) is 5.92 Å². The molecule has 1 aliphatic heterocycles. The van der Waals surface area contributed by atoms with Gasteiger partial charge in [-0.1, -0.05) is 68.8 Å². The molecule has 2 aromatic heterocycles. The van der Waals surface area contributed by atoms with Gasteiger partial charge in [0.2, 0.25) is 5.88 Å². The average Bonchev–Trinajstić information content (AvgIpc) is 3.46. The molecule has 1 saturated heterocycles. The van der Waals surface area contributed by atoms with Crippen molar-refractivity contribution < 1.29 is 14.7 Å². The lowest BCUT2D eigenvalue weighted by molar-refractivity contribution is 0.0917. The van der Waals surface area contributed by atoms with E-state index in [0.717, 1.165) is 53.8 Å². The predicted molar refractivity (Wildman–Crippen MR) is 182 cm³/mol. The zero-order valence-electron chi connectivity index (χ0n) is 26.7. The number of para-hydroxylation sites is 1. The fraction of sp³-hybridized carbons (Fsp3) is 0.297. The average molecular weight is 617 g/mol. The van der Waals surface area contributed by atoms with Crippen LogP contribution >= 0.6 is 0 Å². The third-order valence-corrected chi connectivity index (χ3v) is 8.63. The molecular formula is C37H40N6O3. The first kappa shape index (κ1) is 31.0. The highest BCUT2D eigenvalue weighted by atomic mass is 16.3. The molecule has 0 spiro atoms. The highest BCUT2D eigenvalue weighted by molar-refractivity contribution is 6.10. The van der Waals surface area contributed by atoms with E-state index in [1.165, 1.54) is 6.07 Å². The number of carbonyl (C=O) groups excluding carboxylic acids is 2. The zero-order valence-corrected chi connectivity index (χ0v) is 26.7. The monoisotopic (exact) mass is 616 g/mol. The highest BCUT2D eigenvalue weighted by Crippen LogP contribution is 2.37. The van der Waals surface area contributed by atoms with Crippen molar-refractivity contribution in [1.29, 1.82) is 0 Å². The number of amides is 2. The molecule has 3 heterocycles. The van der Waals surface area contributed by atoms with Crippen molar-refractivity contribution in [2.75, 3.05) is 23.7 Å². The molecule has 0 aliphatic carbocycles. The minimum Gasteiger partial charge on any atom is -0.493 e. The van der Waals surface area contributed by atoms with Crippen LogP contribution in [-0.4, -0.2) is 44.8 Å². The first-order valence-corrected chi connectivity index (χ1v) is 15.8. The van der Waals surface area contributed by atoms with Crippen LogP contribution in [0, 0.1) is 12.8 Å². The number of hydrogen-bond donors (Lipinski definition) is 4. The van der Waals surface area contributed by atoms with Crippen LogP contribution in [0.1, 0.15) is 66.7 Å². The second-order valence-corrected chi connectivity index (χ2v) is 13.1. The number of anilines is 2. The standard InChI is InChI=1S/C37H40N6O3/c1-23-9-15-27(16-10-23)43-32(22-31(42-43)37(2,3)4)41-36(46)39-26-13-11-24(12-14-26)34(25-17-19-38-20-18-25)35(45)29-21-33(44)40-30-8-6-5-7-28(29)30/h5-16,21-22,25,34,38H,17-20H2,1-4H3,(H,40,44)(H2,39,41,46). The van der Waals surface area contributed by atoms with Crippen LogP contribution in [-0.2, 0) is 5.41 Å². The van der Waals surface area contributed by atoms with Crippen molar-refractivity contribution in [3.63, 3.8) is 0 Å². The maximum absolute atomic E-state index is 14.3. The molecule has 0 bridgehead atoms. The molecule has 0 saturated carbocycles. The number of hydrogen-bond acceptors (Lipinski definition) is 6. The van der Waals surface area contributed by atoms with Crippen molar-refractivity contribution in [3.8, 4) is 11.6 Å². The summed E-state index contributed by atoms with van der Waals surface area (Å²) in [4.78, 5) is 31.7. The van der Waals surface area contributed by atoms with Crippen molar-refractivity contribution in [2.45, 2.75) is 51.9 Å². The number of nitrogens with zero attached hydrogens (tertiary/aromatic N) is 3.